The SMILES string of the molecule is COc1ccccc1C(C)NC(=O)c1cccc(S(=O)(=O)N2CCCCC2)c1. The maximum atomic E-state index is 12.9. The third-order valence-corrected chi connectivity index (χ3v) is 6.90. The van der Waals surface area contributed by atoms with Gasteiger partial charge in [-0.2, -0.15) is 4.31 Å². The lowest BCUT2D eigenvalue weighted by Gasteiger charge is -2.26. The van der Waals surface area contributed by atoms with Crippen LogP contribution in [0.15, 0.2) is 53.4 Å². The zero-order valence-corrected chi connectivity index (χ0v) is 17.0. The molecular formula is C21H26N2O4S. The second-order valence-corrected chi connectivity index (χ2v) is 8.87. The normalized spacial score (nSPS) is 16.4. The molecule has 1 N–H and O–H groups in total. The van der Waals surface area contributed by atoms with Gasteiger partial charge in [-0.1, -0.05) is 30.7 Å². The quantitative estimate of drug-likeness (QED) is 0.804. The Balaban J connectivity index is 1.78. The van der Waals surface area contributed by atoms with Gasteiger partial charge >= 0.3 is 0 Å². The second kappa shape index (κ2) is 8.75. The van der Waals surface area contributed by atoms with Crippen molar-refractivity contribution < 1.29 is 17.9 Å². The van der Waals surface area contributed by atoms with E-state index in [1.165, 1.54) is 10.4 Å². The first-order valence-corrected chi connectivity index (χ1v) is 10.9. The van der Waals surface area contributed by atoms with E-state index in [-0.39, 0.29) is 16.8 Å². The molecule has 0 saturated carbocycles. The Kier molecular flexibility index (Phi) is 6.36. The van der Waals surface area contributed by atoms with Gasteiger partial charge < -0.3 is 10.1 Å². The average Bonchev–Trinajstić information content (AvgIpc) is 2.74. The van der Waals surface area contributed by atoms with Gasteiger partial charge in [0.15, 0.2) is 0 Å². The van der Waals surface area contributed by atoms with Crippen LogP contribution in [0.4, 0.5) is 0 Å². The minimum absolute atomic E-state index is 0.159. The maximum absolute atomic E-state index is 12.9. The smallest absolute Gasteiger partial charge is 0.251 e. The lowest BCUT2D eigenvalue weighted by molar-refractivity contribution is 0.0939. The molecule has 1 heterocycles. The summed E-state index contributed by atoms with van der Waals surface area (Å²) >= 11 is 0. The van der Waals surface area contributed by atoms with Gasteiger partial charge in [-0.25, -0.2) is 8.42 Å². The fraction of sp³-hybridized carbons (Fsp3) is 0.381. The number of sulfonamides is 1. The zero-order chi connectivity index (χ0) is 20.1. The third-order valence-electron chi connectivity index (χ3n) is 5.00. The van der Waals surface area contributed by atoms with E-state index in [1.54, 1.807) is 25.3 Å². The first kappa shape index (κ1) is 20.4. The van der Waals surface area contributed by atoms with Gasteiger partial charge in [0.25, 0.3) is 5.91 Å². The van der Waals surface area contributed by atoms with Crippen molar-refractivity contribution in [1.82, 2.24) is 9.62 Å². The highest BCUT2D eigenvalue weighted by molar-refractivity contribution is 7.89. The number of rotatable bonds is 6. The largest absolute Gasteiger partial charge is 0.496 e. The van der Waals surface area contributed by atoms with Gasteiger partial charge in [0.1, 0.15) is 5.75 Å². The molecule has 1 aliphatic rings. The van der Waals surface area contributed by atoms with Crippen LogP contribution in [-0.4, -0.2) is 38.8 Å². The van der Waals surface area contributed by atoms with Gasteiger partial charge in [0, 0.05) is 24.2 Å². The number of methoxy groups -OCH3 is 1. The van der Waals surface area contributed by atoms with Crippen LogP contribution in [0.5, 0.6) is 5.75 Å². The molecular weight excluding hydrogens is 376 g/mol. The molecule has 0 aliphatic carbocycles. The molecule has 1 atom stereocenters. The summed E-state index contributed by atoms with van der Waals surface area (Å²) in [6, 6.07) is 13.4. The Labute approximate surface area is 166 Å². The van der Waals surface area contributed by atoms with E-state index in [0.29, 0.717) is 24.4 Å². The Bertz CT molecular complexity index is 937. The first-order valence-electron chi connectivity index (χ1n) is 9.47. The molecule has 0 bridgehead atoms. The van der Waals surface area contributed by atoms with Crippen LogP contribution in [-0.2, 0) is 10.0 Å². The van der Waals surface area contributed by atoms with Crippen molar-refractivity contribution in [3.8, 4) is 5.75 Å². The van der Waals surface area contributed by atoms with Crippen molar-refractivity contribution >= 4 is 15.9 Å². The van der Waals surface area contributed by atoms with Gasteiger partial charge in [0.2, 0.25) is 10.0 Å². The van der Waals surface area contributed by atoms with E-state index in [2.05, 4.69) is 5.32 Å². The maximum Gasteiger partial charge on any atom is 0.251 e. The lowest BCUT2D eigenvalue weighted by atomic mass is 10.1. The number of amides is 1. The summed E-state index contributed by atoms with van der Waals surface area (Å²) in [5, 5.41) is 2.92. The van der Waals surface area contributed by atoms with Gasteiger partial charge in [-0.05, 0) is 44.0 Å². The molecule has 0 aromatic heterocycles. The number of hydrogen-bond acceptors (Lipinski definition) is 4. The topological polar surface area (TPSA) is 75.7 Å². The third kappa shape index (κ3) is 4.36. The summed E-state index contributed by atoms with van der Waals surface area (Å²) in [6.45, 7) is 2.93. The van der Waals surface area contributed by atoms with Gasteiger partial charge in [-0.3, -0.25) is 4.79 Å². The predicted molar refractivity (Wildman–Crippen MR) is 108 cm³/mol. The predicted octanol–water partition coefficient (Wildman–Crippen LogP) is 3.36. The Morgan fingerprint density at radius 3 is 2.50 bits per heavy atom. The van der Waals surface area contributed by atoms with Crippen LogP contribution in [0.2, 0.25) is 0 Å². The summed E-state index contributed by atoms with van der Waals surface area (Å²) in [5.41, 5.74) is 1.18. The first-order chi connectivity index (χ1) is 13.4. The summed E-state index contributed by atoms with van der Waals surface area (Å²) in [7, 11) is -1.99. The molecule has 1 unspecified atom stereocenters. The van der Waals surface area contributed by atoms with Crippen LogP contribution in [0.25, 0.3) is 0 Å². The van der Waals surface area contributed by atoms with E-state index in [4.69, 9.17) is 4.74 Å². The van der Waals surface area contributed by atoms with Crippen LogP contribution in [0, 0.1) is 0 Å². The van der Waals surface area contributed by atoms with Crippen molar-refractivity contribution in [1.29, 1.82) is 0 Å². The Morgan fingerprint density at radius 2 is 1.79 bits per heavy atom. The fourth-order valence-corrected chi connectivity index (χ4v) is 5.00. The van der Waals surface area contributed by atoms with Crippen molar-refractivity contribution in [2.45, 2.75) is 37.1 Å². The summed E-state index contributed by atoms with van der Waals surface area (Å²) in [6.07, 6.45) is 2.79. The zero-order valence-electron chi connectivity index (χ0n) is 16.2. The molecule has 6 nitrogen and oxygen atoms in total. The number of nitrogens with zero attached hydrogens (tertiary/aromatic N) is 1. The number of para-hydroxylation sites is 1. The van der Waals surface area contributed by atoms with Crippen LogP contribution in [0.3, 0.4) is 0 Å². The second-order valence-electron chi connectivity index (χ2n) is 6.93. The summed E-state index contributed by atoms with van der Waals surface area (Å²) in [5.74, 6) is 0.367. The number of carbonyl (C=O) groups excluding carboxylic acids is 1. The molecule has 0 radical (unpaired) electrons. The molecule has 150 valence electrons. The van der Waals surface area contributed by atoms with Gasteiger partial charge in [-0.15, -0.1) is 0 Å². The Hall–Kier alpha value is -2.38. The highest BCUT2D eigenvalue weighted by atomic mass is 32.2. The van der Waals surface area contributed by atoms with Gasteiger partial charge in [0.05, 0.1) is 18.0 Å². The van der Waals surface area contributed by atoms with E-state index < -0.39 is 10.0 Å². The molecule has 2 aromatic rings. The minimum atomic E-state index is -3.58. The monoisotopic (exact) mass is 402 g/mol. The number of ether oxygens (including phenoxy) is 1. The van der Waals surface area contributed by atoms with Crippen molar-refractivity contribution in [2.24, 2.45) is 0 Å². The number of hydrogen-bond donors (Lipinski definition) is 1. The number of carbonyl (C=O) groups is 1. The molecule has 3 rings (SSSR count). The Morgan fingerprint density at radius 1 is 1.07 bits per heavy atom. The molecule has 28 heavy (non-hydrogen) atoms. The number of nitrogens with one attached hydrogen (secondary N) is 1. The van der Waals surface area contributed by atoms with E-state index >= 15 is 0 Å². The minimum Gasteiger partial charge on any atom is -0.496 e. The molecule has 1 amide bonds. The highest BCUT2D eigenvalue weighted by Gasteiger charge is 2.26. The summed E-state index contributed by atoms with van der Waals surface area (Å²) < 4.78 is 32.6. The van der Waals surface area contributed by atoms with Crippen molar-refractivity contribution in [2.75, 3.05) is 20.2 Å². The van der Waals surface area contributed by atoms with Crippen LogP contribution in [0.1, 0.15) is 48.1 Å². The van der Waals surface area contributed by atoms with E-state index in [0.717, 1.165) is 24.8 Å². The van der Waals surface area contributed by atoms with Crippen molar-refractivity contribution in [3.63, 3.8) is 0 Å². The molecule has 1 saturated heterocycles. The van der Waals surface area contributed by atoms with Crippen molar-refractivity contribution in [3.05, 3.63) is 59.7 Å². The standard InChI is InChI=1S/C21H26N2O4S/c1-16(19-11-4-5-12-20(19)27-2)22-21(24)17-9-8-10-18(15-17)28(25,26)23-13-6-3-7-14-23/h4-5,8-12,15-16H,3,6-7,13-14H2,1-2H3,(H,22,24). The number of piperidine rings is 1. The molecule has 1 aliphatic heterocycles. The number of benzene rings is 2. The van der Waals surface area contributed by atoms with E-state index in [9.17, 15) is 13.2 Å². The molecule has 2 aromatic carbocycles. The molecule has 7 heteroatoms. The van der Waals surface area contributed by atoms with Crippen LogP contribution < -0.4 is 10.1 Å². The lowest BCUT2D eigenvalue weighted by Crippen LogP contribution is -2.35. The van der Waals surface area contributed by atoms with Crippen LogP contribution >= 0.6 is 0 Å². The van der Waals surface area contributed by atoms with E-state index in [1.807, 2.05) is 31.2 Å². The molecule has 0 spiro atoms. The molecule has 1 fully saturated rings. The summed E-state index contributed by atoms with van der Waals surface area (Å²) in [4.78, 5) is 12.9. The average molecular weight is 403 g/mol. The highest BCUT2D eigenvalue weighted by Crippen LogP contribution is 2.25. The fourth-order valence-electron chi connectivity index (χ4n) is 3.43.